The number of carbonyl (C=O) groups is 1. The molecule has 0 amide bonds. The second-order valence-electron chi connectivity index (χ2n) is 5.98. The summed E-state index contributed by atoms with van der Waals surface area (Å²) in [6, 6.07) is 7.97. The van der Waals surface area contributed by atoms with Crippen LogP contribution in [-0.4, -0.2) is 60.7 Å². The molecule has 0 aromatic heterocycles. The number of benzene rings is 1. The molecule has 1 aromatic rings. The lowest BCUT2D eigenvalue weighted by molar-refractivity contribution is -0.138. The molecular formula is C18H26N4O3. The van der Waals surface area contributed by atoms with E-state index >= 15 is 0 Å². The first-order valence-corrected chi connectivity index (χ1v) is 8.20. The highest BCUT2D eigenvalue weighted by molar-refractivity contribution is 5.74. The van der Waals surface area contributed by atoms with Gasteiger partial charge in [0.05, 0.1) is 19.0 Å². The average molecular weight is 346 g/mol. The van der Waals surface area contributed by atoms with Gasteiger partial charge in [-0.25, -0.2) is 0 Å². The van der Waals surface area contributed by atoms with Crippen LogP contribution in [0, 0.1) is 0 Å². The van der Waals surface area contributed by atoms with Gasteiger partial charge in [-0.05, 0) is 17.2 Å². The van der Waals surface area contributed by atoms with E-state index in [1.807, 2.05) is 40.1 Å². The summed E-state index contributed by atoms with van der Waals surface area (Å²) in [6.07, 6.45) is 3.40. The Bertz CT molecular complexity index is 632. The maximum Gasteiger partial charge on any atom is 0.317 e. The van der Waals surface area contributed by atoms with Crippen molar-refractivity contribution in [1.82, 2.24) is 9.80 Å². The predicted molar refractivity (Wildman–Crippen MR) is 97.2 cm³/mol. The van der Waals surface area contributed by atoms with Crippen molar-refractivity contribution >= 4 is 11.5 Å². The fourth-order valence-electron chi connectivity index (χ4n) is 2.79. The van der Waals surface area contributed by atoms with Gasteiger partial charge in [-0.2, -0.15) is 0 Å². The smallest absolute Gasteiger partial charge is 0.317 e. The van der Waals surface area contributed by atoms with Crippen LogP contribution >= 0.6 is 0 Å². The molecule has 1 saturated heterocycles. The SMILES string of the molecule is COCc1ccc(C(=C/N)/C=C(\N)N2CCN(CC(=O)O)CC2)cc1. The Balaban J connectivity index is 2.00. The van der Waals surface area contributed by atoms with Crippen LogP contribution in [0.25, 0.3) is 5.57 Å². The maximum atomic E-state index is 10.8. The number of rotatable bonds is 7. The van der Waals surface area contributed by atoms with Crippen LogP contribution in [0.2, 0.25) is 0 Å². The Morgan fingerprint density at radius 3 is 2.40 bits per heavy atom. The Hall–Kier alpha value is -2.51. The molecule has 2 rings (SSSR count). The highest BCUT2D eigenvalue weighted by Gasteiger charge is 2.19. The topological polar surface area (TPSA) is 105 Å². The van der Waals surface area contributed by atoms with E-state index < -0.39 is 5.97 Å². The molecule has 0 spiro atoms. The van der Waals surface area contributed by atoms with Gasteiger partial charge < -0.3 is 26.2 Å². The van der Waals surface area contributed by atoms with Crippen LogP contribution in [0.4, 0.5) is 0 Å². The minimum absolute atomic E-state index is 0.0687. The Labute approximate surface area is 148 Å². The number of allylic oxidation sites excluding steroid dienone is 2. The number of aliphatic carboxylic acids is 1. The number of carboxylic acid groups (broad SMARTS) is 1. The van der Waals surface area contributed by atoms with Gasteiger partial charge in [-0.3, -0.25) is 9.69 Å². The molecule has 136 valence electrons. The maximum absolute atomic E-state index is 10.8. The van der Waals surface area contributed by atoms with Gasteiger partial charge in [-0.1, -0.05) is 24.3 Å². The van der Waals surface area contributed by atoms with E-state index in [9.17, 15) is 4.79 Å². The third-order valence-electron chi connectivity index (χ3n) is 4.18. The molecular weight excluding hydrogens is 320 g/mol. The first-order valence-electron chi connectivity index (χ1n) is 8.20. The summed E-state index contributed by atoms with van der Waals surface area (Å²) >= 11 is 0. The first kappa shape index (κ1) is 18.8. The van der Waals surface area contributed by atoms with Gasteiger partial charge in [0, 0.05) is 45.1 Å². The molecule has 25 heavy (non-hydrogen) atoms. The summed E-state index contributed by atoms with van der Waals surface area (Å²) in [4.78, 5) is 14.7. The average Bonchev–Trinajstić information content (AvgIpc) is 2.60. The Morgan fingerprint density at radius 1 is 1.24 bits per heavy atom. The van der Waals surface area contributed by atoms with Crippen LogP contribution in [0.15, 0.2) is 42.4 Å². The molecule has 1 aromatic carbocycles. The lowest BCUT2D eigenvalue weighted by Crippen LogP contribution is -2.48. The lowest BCUT2D eigenvalue weighted by atomic mass is 10.0. The van der Waals surface area contributed by atoms with Gasteiger partial charge in [0.25, 0.3) is 0 Å². The molecule has 1 aliphatic heterocycles. The fourth-order valence-corrected chi connectivity index (χ4v) is 2.79. The van der Waals surface area contributed by atoms with Gasteiger partial charge >= 0.3 is 5.97 Å². The first-order chi connectivity index (χ1) is 12.0. The van der Waals surface area contributed by atoms with Crippen molar-refractivity contribution in [3.8, 4) is 0 Å². The third-order valence-corrected chi connectivity index (χ3v) is 4.18. The largest absolute Gasteiger partial charge is 0.480 e. The van der Waals surface area contributed by atoms with Gasteiger partial charge in [0.1, 0.15) is 0 Å². The zero-order valence-electron chi connectivity index (χ0n) is 14.5. The number of nitrogens with zero attached hydrogens (tertiary/aromatic N) is 2. The van der Waals surface area contributed by atoms with E-state index in [-0.39, 0.29) is 6.54 Å². The molecule has 7 heteroatoms. The van der Waals surface area contributed by atoms with Crippen molar-refractivity contribution < 1.29 is 14.6 Å². The molecule has 1 heterocycles. The number of hydrogen-bond acceptors (Lipinski definition) is 6. The highest BCUT2D eigenvalue weighted by atomic mass is 16.5. The second-order valence-corrected chi connectivity index (χ2v) is 5.98. The molecule has 0 atom stereocenters. The Morgan fingerprint density at radius 2 is 1.88 bits per heavy atom. The van der Waals surface area contributed by atoms with Crippen molar-refractivity contribution in [1.29, 1.82) is 0 Å². The molecule has 0 unspecified atom stereocenters. The quantitative estimate of drug-likeness (QED) is 0.622. The summed E-state index contributed by atoms with van der Waals surface area (Å²) in [5.41, 5.74) is 14.9. The van der Waals surface area contributed by atoms with Crippen LogP contribution in [-0.2, 0) is 16.1 Å². The molecule has 5 N–H and O–H groups in total. The third kappa shape index (κ3) is 5.51. The van der Waals surface area contributed by atoms with E-state index in [1.165, 1.54) is 0 Å². The van der Waals surface area contributed by atoms with Crippen molar-refractivity contribution in [2.24, 2.45) is 11.5 Å². The monoisotopic (exact) mass is 346 g/mol. The summed E-state index contributed by atoms with van der Waals surface area (Å²) in [7, 11) is 1.67. The Kier molecular flexibility index (Phi) is 6.85. The van der Waals surface area contributed by atoms with E-state index in [4.69, 9.17) is 21.3 Å². The zero-order chi connectivity index (χ0) is 18.2. The number of nitrogens with two attached hydrogens (primary N) is 2. The normalized spacial score (nSPS) is 16.9. The summed E-state index contributed by atoms with van der Waals surface area (Å²) in [6.45, 7) is 3.38. The van der Waals surface area contributed by atoms with Crippen molar-refractivity contribution in [3.05, 3.63) is 53.5 Å². The van der Waals surface area contributed by atoms with Crippen molar-refractivity contribution in [3.63, 3.8) is 0 Å². The van der Waals surface area contributed by atoms with Gasteiger partial charge in [0.2, 0.25) is 0 Å². The minimum atomic E-state index is -0.803. The molecule has 0 aliphatic carbocycles. The number of hydrogen-bond donors (Lipinski definition) is 3. The minimum Gasteiger partial charge on any atom is -0.480 e. The summed E-state index contributed by atoms with van der Waals surface area (Å²) in [5, 5.41) is 8.85. The number of methoxy groups -OCH3 is 1. The second kappa shape index (κ2) is 9.10. The lowest BCUT2D eigenvalue weighted by Gasteiger charge is -2.35. The van der Waals surface area contributed by atoms with E-state index in [1.54, 1.807) is 13.3 Å². The van der Waals surface area contributed by atoms with Gasteiger partial charge in [0.15, 0.2) is 0 Å². The number of piperazine rings is 1. The van der Waals surface area contributed by atoms with Crippen LogP contribution in [0.5, 0.6) is 0 Å². The molecule has 1 fully saturated rings. The van der Waals surface area contributed by atoms with Crippen molar-refractivity contribution in [2.45, 2.75) is 6.61 Å². The number of carboxylic acids is 1. The van der Waals surface area contributed by atoms with E-state index in [2.05, 4.69) is 0 Å². The highest BCUT2D eigenvalue weighted by Crippen LogP contribution is 2.18. The summed E-state index contributed by atoms with van der Waals surface area (Å²) < 4.78 is 5.11. The molecule has 7 nitrogen and oxygen atoms in total. The number of ether oxygens (including phenoxy) is 1. The molecule has 0 bridgehead atoms. The fraction of sp³-hybridized carbons (Fsp3) is 0.389. The van der Waals surface area contributed by atoms with Crippen LogP contribution in [0.1, 0.15) is 11.1 Å². The zero-order valence-corrected chi connectivity index (χ0v) is 14.5. The standard InChI is InChI=1S/C18H26N4O3/c1-25-13-14-2-4-15(5-3-14)16(11-19)10-17(20)22-8-6-21(7-9-22)12-18(23)24/h2-5,10-11H,6-9,12-13,19-20H2,1H3,(H,23,24)/b16-11+,17-10+. The molecule has 0 saturated carbocycles. The van der Waals surface area contributed by atoms with Gasteiger partial charge in [-0.15, -0.1) is 0 Å². The van der Waals surface area contributed by atoms with E-state index in [0.29, 0.717) is 38.6 Å². The molecule has 1 aliphatic rings. The molecule has 0 radical (unpaired) electrons. The van der Waals surface area contributed by atoms with Crippen molar-refractivity contribution in [2.75, 3.05) is 39.8 Å². The van der Waals surface area contributed by atoms with Crippen LogP contribution < -0.4 is 11.5 Å². The van der Waals surface area contributed by atoms with Crippen LogP contribution in [0.3, 0.4) is 0 Å². The summed E-state index contributed by atoms with van der Waals surface area (Å²) in [5.74, 6) is -0.171. The predicted octanol–water partition coefficient (Wildman–Crippen LogP) is 0.635. The van der Waals surface area contributed by atoms with E-state index in [0.717, 1.165) is 16.7 Å².